The number of carbonyl (C=O) groups excluding carboxylic acids is 1. The van der Waals surface area contributed by atoms with Crippen LogP contribution in [0.5, 0.6) is 0 Å². The summed E-state index contributed by atoms with van der Waals surface area (Å²) in [6.45, 7) is 9.04. The minimum atomic E-state index is 0.0381. The van der Waals surface area contributed by atoms with E-state index in [1.165, 1.54) is 11.4 Å². The van der Waals surface area contributed by atoms with Crippen LogP contribution in [0.25, 0.3) is 0 Å². The van der Waals surface area contributed by atoms with Gasteiger partial charge in [-0.05, 0) is 37.7 Å². The lowest BCUT2D eigenvalue weighted by atomic mass is 10.2. The summed E-state index contributed by atoms with van der Waals surface area (Å²) in [5, 5.41) is 2.97. The van der Waals surface area contributed by atoms with Crippen molar-refractivity contribution in [3.05, 3.63) is 24.3 Å². The van der Waals surface area contributed by atoms with Crippen molar-refractivity contribution in [2.24, 2.45) is 0 Å². The number of hydrogen-bond donors (Lipinski definition) is 1. The number of nitrogens with zero attached hydrogens (tertiary/aromatic N) is 4. The van der Waals surface area contributed by atoms with Gasteiger partial charge in [-0.2, -0.15) is 0 Å². The summed E-state index contributed by atoms with van der Waals surface area (Å²) in [6.07, 6.45) is 0.849. The van der Waals surface area contributed by atoms with Crippen molar-refractivity contribution in [3.63, 3.8) is 0 Å². The maximum absolute atomic E-state index is 12.2. The van der Waals surface area contributed by atoms with Crippen LogP contribution in [0.3, 0.4) is 0 Å². The van der Waals surface area contributed by atoms with Crippen LogP contribution >= 0.6 is 0 Å². The number of nitrogens with one attached hydrogen (secondary N) is 1. The highest BCUT2D eigenvalue weighted by molar-refractivity contribution is 5.74. The largest absolute Gasteiger partial charge is 0.385 e. The Balaban J connectivity index is 1.44. The first-order valence-electron chi connectivity index (χ1n) is 9.97. The van der Waals surface area contributed by atoms with Gasteiger partial charge in [-0.1, -0.05) is 0 Å². The first-order chi connectivity index (χ1) is 13.2. The minimum absolute atomic E-state index is 0.0381. The Morgan fingerprint density at radius 1 is 0.926 bits per heavy atom. The van der Waals surface area contributed by atoms with Crippen LogP contribution < -0.4 is 15.1 Å². The second-order valence-corrected chi connectivity index (χ2v) is 7.36. The normalized spacial score (nSPS) is 18.7. The van der Waals surface area contributed by atoms with Crippen LogP contribution in [0.1, 0.15) is 6.42 Å². The van der Waals surface area contributed by atoms with Crippen LogP contribution in [0, 0.1) is 0 Å². The molecule has 0 bridgehead atoms. The topological polar surface area (TPSA) is 51.3 Å². The van der Waals surface area contributed by atoms with E-state index in [2.05, 4.69) is 51.3 Å². The fourth-order valence-electron chi connectivity index (χ4n) is 3.63. The number of piperazine rings is 2. The molecule has 2 heterocycles. The van der Waals surface area contributed by atoms with Crippen molar-refractivity contribution in [1.29, 1.82) is 0 Å². The number of rotatable bonds is 6. The Labute approximate surface area is 162 Å². The Hall–Kier alpha value is -1.99. The Morgan fingerprint density at radius 3 is 1.96 bits per heavy atom. The summed E-state index contributed by atoms with van der Waals surface area (Å²) in [4.78, 5) is 21.3. The Kier molecular flexibility index (Phi) is 7.18. The molecule has 0 aliphatic carbocycles. The van der Waals surface area contributed by atoms with Gasteiger partial charge in [0, 0.05) is 84.0 Å². The van der Waals surface area contributed by atoms with E-state index in [1.54, 1.807) is 7.11 Å². The second-order valence-electron chi connectivity index (χ2n) is 7.36. The lowest BCUT2D eigenvalue weighted by Crippen LogP contribution is -2.52. The molecule has 2 aliphatic heterocycles. The maximum atomic E-state index is 12.2. The molecule has 1 aromatic carbocycles. The van der Waals surface area contributed by atoms with Crippen LogP contribution in [0.15, 0.2) is 24.3 Å². The summed E-state index contributed by atoms with van der Waals surface area (Å²) in [6, 6.07) is 8.93. The van der Waals surface area contributed by atoms with Crippen LogP contribution in [0.4, 0.5) is 16.2 Å². The zero-order valence-corrected chi connectivity index (χ0v) is 16.7. The predicted octanol–water partition coefficient (Wildman–Crippen LogP) is 1.31. The zero-order valence-electron chi connectivity index (χ0n) is 16.7. The fraction of sp³-hybridized carbons (Fsp3) is 0.650. The molecule has 2 saturated heterocycles. The number of carbonyl (C=O) groups is 1. The van der Waals surface area contributed by atoms with Gasteiger partial charge in [-0.15, -0.1) is 0 Å². The van der Waals surface area contributed by atoms with Gasteiger partial charge in [0.1, 0.15) is 0 Å². The smallest absolute Gasteiger partial charge is 0.317 e. The van der Waals surface area contributed by atoms with Crippen LogP contribution in [-0.2, 0) is 4.74 Å². The molecule has 2 aliphatic rings. The molecule has 7 nitrogen and oxygen atoms in total. The molecule has 2 fully saturated rings. The first kappa shape index (κ1) is 19.8. The Bertz CT molecular complexity index is 579. The monoisotopic (exact) mass is 375 g/mol. The maximum Gasteiger partial charge on any atom is 0.317 e. The van der Waals surface area contributed by atoms with Gasteiger partial charge in [-0.3, -0.25) is 0 Å². The van der Waals surface area contributed by atoms with Crippen molar-refractivity contribution >= 4 is 17.4 Å². The number of ether oxygens (including phenoxy) is 1. The summed E-state index contributed by atoms with van der Waals surface area (Å²) >= 11 is 0. The van der Waals surface area contributed by atoms with Gasteiger partial charge in [-0.25, -0.2) is 4.79 Å². The van der Waals surface area contributed by atoms with Crippen molar-refractivity contribution < 1.29 is 9.53 Å². The molecule has 0 radical (unpaired) electrons. The SMILES string of the molecule is COCCCNC(=O)N1CCN(c2ccc(N3CCN(C)CC3)cc2)CC1. The predicted molar refractivity (Wildman–Crippen MR) is 110 cm³/mol. The third-order valence-corrected chi connectivity index (χ3v) is 5.45. The van der Waals surface area contributed by atoms with Crippen molar-refractivity contribution in [2.45, 2.75) is 6.42 Å². The van der Waals surface area contributed by atoms with E-state index < -0.39 is 0 Å². The van der Waals surface area contributed by atoms with E-state index in [-0.39, 0.29) is 6.03 Å². The molecule has 0 atom stereocenters. The fourth-order valence-corrected chi connectivity index (χ4v) is 3.63. The van der Waals surface area contributed by atoms with Gasteiger partial charge in [0.15, 0.2) is 0 Å². The highest BCUT2D eigenvalue weighted by atomic mass is 16.5. The van der Waals surface area contributed by atoms with Gasteiger partial charge >= 0.3 is 6.03 Å². The van der Waals surface area contributed by atoms with E-state index >= 15 is 0 Å². The molecule has 1 aromatic rings. The standard InChI is InChI=1S/C20H33N5O2/c1-22-9-11-23(12-10-22)18-4-6-19(7-5-18)24-13-15-25(16-14-24)20(26)21-8-3-17-27-2/h4-7H,3,8-17H2,1-2H3,(H,21,26). The van der Waals surface area contributed by atoms with Crippen molar-refractivity contribution in [3.8, 4) is 0 Å². The molecule has 0 saturated carbocycles. The average Bonchev–Trinajstić information content (AvgIpc) is 2.72. The molecule has 1 N–H and O–H groups in total. The molecule has 0 spiro atoms. The number of amides is 2. The summed E-state index contributed by atoms with van der Waals surface area (Å²) < 4.78 is 5.01. The number of urea groups is 1. The molecular formula is C20H33N5O2. The summed E-state index contributed by atoms with van der Waals surface area (Å²) in [7, 11) is 3.86. The highest BCUT2D eigenvalue weighted by Crippen LogP contribution is 2.22. The van der Waals surface area contributed by atoms with Crippen LogP contribution in [-0.4, -0.2) is 95.5 Å². The third-order valence-electron chi connectivity index (χ3n) is 5.45. The lowest BCUT2D eigenvalue weighted by Gasteiger charge is -2.37. The molecule has 0 aromatic heterocycles. The number of hydrogen-bond acceptors (Lipinski definition) is 5. The van der Waals surface area contributed by atoms with Crippen LogP contribution in [0.2, 0.25) is 0 Å². The van der Waals surface area contributed by atoms with E-state index in [9.17, 15) is 4.79 Å². The van der Waals surface area contributed by atoms with Gasteiger partial charge in [0.25, 0.3) is 0 Å². The Morgan fingerprint density at radius 2 is 1.44 bits per heavy atom. The quantitative estimate of drug-likeness (QED) is 0.760. The van der Waals surface area contributed by atoms with E-state index in [1.807, 2.05) is 4.90 Å². The minimum Gasteiger partial charge on any atom is -0.385 e. The summed E-state index contributed by atoms with van der Waals surface area (Å²) in [5.41, 5.74) is 2.55. The third kappa shape index (κ3) is 5.49. The number of benzene rings is 1. The molecule has 150 valence electrons. The highest BCUT2D eigenvalue weighted by Gasteiger charge is 2.21. The number of methoxy groups -OCH3 is 1. The molecule has 27 heavy (non-hydrogen) atoms. The average molecular weight is 376 g/mol. The molecule has 3 rings (SSSR count). The number of anilines is 2. The zero-order chi connectivity index (χ0) is 19.1. The lowest BCUT2D eigenvalue weighted by molar-refractivity contribution is 0.183. The van der Waals surface area contributed by atoms with E-state index in [4.69, 9.17) is 4.74 Å². The first-order valence-corrected chi connectivity index (χ1v) is 9.97. The molecule has 0 unspecified atom stereocenters. The molecular weight excluding hydrogens is 342 g/mol. The van der Waals surface area contributed by atoms with Gasteiger partial charge in [0.2, 0.25) is 0 Å². The second kappa shape index (κ2) is 9.80. The van der Waals surface area contributed by atoms with Gasteiger partial charge < -0.3 is 29.7 Å². The van der Waals surface area contributed by atoms with E-state index in [0.717, 1.165) is 58.8 Å². The summed E-state index contributed by atoms with van der Waals surface area (Å²) in [5.74, 6) is 0. The van der Waals surface area contributed by atoms with E-state index in [0.29, 0.717) is 13.2 Å². The molecule has 7 heteroatoms. The van der Waals surface area contributed by atoms with Crippen molar-refractivity contribution in [2.75, 3.05) is 89.5 Å². The van der Waals surface area contributed by atoms with Crippen molar-refractivity contribution in [1.82, 2.24) is 15.1 Å². The number of likely N-dealkylation sites (N-methyl/N-ethyl adjacent to an activating group) is 1. The molecule has 2 amide bonds. The van der Waals surface area contributed by atoms with Gasteiger partial charge in [0.05, 0.1) is 0 Å².